The van der Waals surface area contributed by atoms with E-state index >= 15 is 0 Å². The van der Waals surface area contributed by atoms with Crippen molar-refractivity contribution in [2.24, 2.45) is 4.99 Å². The molecule has 1 aliphatic rings. The SMILES string of the molecule is CC(=O)N=C1C=C(C)C=CC1. The average molecular weight is 149 g/mol. The minimum Gasteiger partial charge on any atom is -0.273 e. The summed E-state index contributed by atoms with van der Waals surface area (Å²) >= 11 is 0. The van der Waals surface area contributed by atoms with Crippen LogP contribution in [0.2, 0.25) is 0 Å². The highest BCUT2D eigenvalue weighted by molar-refractivity contribution is 6.03. The summed E-state index contributed by atoms with van der Waals surface area (Å²) in [6, 6.07) is 0. The molecule has 1 amide bonds. The van der Waals surface area contributed by atoms with Gasteiger partial charge in [0.15, 0.2) is 0 Å². The van der Waals surface area contributed by atoms with Gasteiger partial charge in [-0.3, -0.25) is 4.79 Å². The van der Waals surface area contributed by atoms with Crippen molar-refractivity contribution in [2.75, 3.05) is 0 Å². The molecule has 0 spiro atoms. The summed E-state index contributed by atoms with van der Waals surface area (Å²) in [5.41, 5.74) is 2.01. The number of carbonyl (C=O) groups is 1. The second-order valence-electron chi connectivity index (χ2n) is 2.62. The van der Waals surface area contributed by atoms with Crippen LogP contribution in [-0.4, -0.2) is 11.6 Å². The molecule has 2 nitrogen and oxygen atoms in total. The number of aliphatic imine (C=N–C) groups is 1. The van der Waals surface area contributed by atoms with Crippen molar-refractivity contribution in [3.05, 3.63) is 23.8 Å². The standard InChI is InChI=1S/C9H11NO/c1-7-4-3-5-9(6-7)10-8(2)11/h3-4,6H,5H2,1-2H3. The Morgan fingerprint density at radius 3 is 2.91 bits per heavy atom. The van der Waals surface area contributed by atoms with E-state index in [-0.39, 0.29) is 5.91 Å². The van der Waals surface area contributed by atoms with Gasteiger partial charge in [-0.1, -0.05) is 12.2 Å². The quantitative estimate of drug-likeness (QED) is 0.517. The predicted octanol–water partition coefficient (Wildman–Crippen LogP) is 1.88. The number of hydrogen-bond acceptors (Lipinski definition) is 1. The largest absolute Gasteiger partial charge is 0.273 e. The normalized spacial score (nSPS) is 20.2. The van der Waals surface area contributed by atoms with Crippen LogP contribution in [0.5, 0.6) is 0 Å². The third-order valence-electron chi connectivity index (χ3n) is 1.40. The van der Waals surface area contributed by atoms with Gasteiger partial charge in [-0.05, 0) is 18.6 Å². The predicted molar refractivity (Wildman–Crippen MR) is 45.6 cm³/mol. The van der Waals surface area contributed by atoms with Gasteiger partial charge in [0.1, 0.15) is 0 Å². The lowest BCUT2D eigenvalue weighted by Crippen LogP contribution is -2.00. The van der Waals surface area contributed by atoms with Crippen LogP contribution in [0.4, 0.5) is 0 Å². The van der Waals surface area contributed by atoms with Crippen molar-refractivity contribution < 1.29 is 4.79 Å². The molecular formula is C9H11NO. The molecule has 1 rings (SSSR count). The Morgan fingerprint density at radius 1 is 1.64 bits per heavy atom. The molecule has 0 aliphatic heterocycles. The van der Waals surface area contributed by atoms with Gasteiger partial charge in [0.2, 0.25) is 5.91 Å². The van der Waals surface area contributed by atoms with E-state index in [1.165, 1.54) is 6.92 Å². The van der Waals surface area contributed by atoms with E-state index in [1.54, 1.807) is 0 Å². The Hall–Kier alpha value is -1.18. The van der Waals surface area contributed by atoms with E-state index in [4.69, 9.17) is 0 Å². The van der Waals surface area contributed by atoms with Crippen LogP contribution in [0, 0.1) is 0 Å². The van der Waals surface area contributed by atoms with E-state index in [9.17, 15) is 4.79 Å². The molecule has 0 saturated carbocycles. The van der Waals surface area contributed by atoms with E-state index in [2.05, 4.69) is 4.99 Å². The lowest BCUT2D eigenvalue weighted by Gasteiger charge is -2.02. The summed E-state index contributed by atoms with van der Waals surface area (Å²) in [5.74, 6) is -0.126. The smallest absolute Gasteiger partial charge is 0.242 e. The maximum Gasteiger partial charge on any atom is 0.242 e. The molecule has 0 aromatic rings. The highest BCUT2D eigenvalue weighted by atomic mass is 16.1. The first-order valence-electron chi connectivity index (χ1n) is 3.61. The van der Waals surface area contributed by atoms with E-state index < -0.39 is 0 Å². The summed E-state index contributed by atoms with van der Waals surface area (Å²) in [5, 5.41) is 0. The number of rotatable bonds is 0. The monoisotopic (exact) mass is 149 g/mol. The van der Waals surface area contributed by atoms with Gasteiger partial charge in [-0.15, -0.1) is 0 Å². The minimum atomic E-state index is -0.126. The molecule has 0 aromatic heterocycles. The summed E-state index contributed by atoms with van der Waals surface area (Å²) in [6.45, 7) is 3.46. The third kappa shape index (κ3) is 2.50. The molecule has 0 saturated heterocycles. The number of amides is 1. The lowest BCUT2D eigenvalue weighted by atomic mass is 10.1. The van der Waals surface area contributed by atoms with Gasteiger partial charge < -0.3 is 0 Å². The highest BCUT2D eigenvalue weighted by Crippen LogP contribution is 2.06. The van der Waals surface area contributed by atoms with Crippen LogP contribution < -0.4 is 0 Å². The van der Waals surface area contributed by atoms with Gasteiger partial charge in [0.25, 0.3) is 0 Å². The molecule has 0 radical (unpaired) electrons. The van der Waals surface area contributed by atoms with Crippen LogP contribution >= 0.6 is 0 Å². The van der Waals surface area contributed by atoms with E-state index in [0.29, 0.717) is 0 Å². The Bertz CT molecular complexity index is 259. The highest BCUT2D eigenvalue weighted by Gasteiger charge is 1.99. The van der Waals surface area contributed by atoms with Crippen molar-refractivity contribution in [2.45, 2.75) is 20.3 Å². The zero-order valence-electron chi connectivity index (χ0n) is 6.79. The van der Waals surface area contributed by atoms with Crippen LogP contribution in [0.25, 0.3) is 0 Å². The van der Waals surface area contributed by atoms with Gasteiger partial charge in [-0.25, -0.2) is 4.99 Å². The van der Waals surface area contributed by atoms with Crippen LogP contribution in [0.3, 0.4) is 0 Å². The van der Waals surface area contributed by atoms with E-state index in [1.807, 2.05) is 25.2 Å². The molecule has 58 valence electrons. The first kappa shape index (κ1) is 7.92. The summed E-state index contributed by atoms with van der Waals surface area (Å²) < 4.78 is 0. The Labute approximate surface area is 66.3 Å². The maximum absolute atomic E-state index is 10.6. The summed E-state index contributed by atoms with van der Waals surface area (Å²) in [4.78, 5) is 14.4. The van der Waals surface area contributed by atoms with E-state index in [0.717, 1.165) is 17.7 Å². The molecular weight excluding hydrogens is 138 g/mol. The first-order chi connectivity index (χ1) is 5.18. The van der Waals surface area contributed by atoms with Crippen molar-refractivity contribution in [1.82, 2.24) is 0 Å². The fraction of sp³-hybridized carbons (Fsp3) is 0.333. The van der Waals surface area contributed by atoms with Crippen molar-refractivity contribution in [3.63, 3.8) is 0 Å². The van der Waals surface area contributed by atoms with Crippen LogP contribution in [-0.2, 0) is 4.79 Å². The fourth-order valence-corrected chi connectivity index (χ4v) is 1.02. The van der Waals surface area contributed by atoms with Crippen LogP contribution in [0.15, 0.2) is 28.8 Å². The molecule has 0 unspecified atom stereocenters. The molecule has 0 bridgehead atoms. The van der Waals surface area contributed by atoms with Crippen LogP contribution in [0.1, 0.15) is 20.3 Å². The summed E-state index contributed by atoms with van der Waals surface area (Å²) in [6.07, 6.45) is 6.74. The van der Waals surface area contributed by atoms with Crippen molar-refractivity contribution in [3.8, 4) is 0 Å². The Kier molecular flexibility index (Phi) is 2.36. The average Bonchev–Trinajstić information content (AvgIpc) is 1.85. The number of allylic oxidation sites excluding steroid dienone is 4. The molecule has 1 aliphatic carbocycles. The fourth-order valence-electron chi connectivity index (χ4n) is 1.02. The molecule has 0 fully saturated rings. The second kappa shape index (κ2) is 3.28. The lowest BCUT2D eigenvalue weighted by molar-refractivity contribution is -0.115. The zero-order chi connectivity index (χ0) is 8.27. The molecule has 0 N–H and O–H groups in total. The van der Waals surface area contributed by atoms with Gasteiger partial charge >= 0.3 is 0 Å². The van der Waals surface area contributed by atoms with Gasteiger partial charge in [0.05, 0.1) is 0 Å². The molecule has 2 heteroatoms. The molecule has 0 aromatic carbocycles. The minimum absolute atomic E-state index is 0.126. The molecule has 0 atom stereocenters. The number of nitrogens with zero attached hydrogens (tertiary/aromatic N) is 1. The maximum atomic E-state index is 10.6. The topological polar surface area (TPSA) is 29.4 Å². The molecule has 11 heavy (non-hydrogen) atoms. The number of carbonyl (C=O) groups excluding carboxylic acids is 1. The summed E-state index contributed by atoms with van der Waals surface area (Å²) in [7, 11) is 0. The third-order valence-corrected chi connectivity index (χ3v) is 1.40. The number of hydrogen-bond donors (Lipinski definition) is 0. The second-order valence-corrected chi connectivity index (χ2v) is 2.62. The van der Waals surface area contributed by atoms with Crippen molar-refractivity contribution in [1.29, 1.82) is 0 Å². The Morgan fingerprint density at radius 2 is 2.36 bits per heavy atom. The van der Waals surface area contributed by atoms with Gasteiger partial charge in [0, 0.05) is 19.1 Å². The first-order valence-corrected chi connectivity index (χ1v) is 3.61. The van der Waals surface area contributed by atoms with Gasteiger partial charge in [-0.2, -0.15) is 0 Å². The van der Waals surface area contributed by atoms with Crippen molar-refractivity contribution >= 4 is 11.6 Å². The molecule has 0 heterocycles. The zero-order valence-corrected chi connectivity index (χ0v) is 6.79. The Balaban J connectivity index is 2.78.